The molecule has 0 radical (unpaired) electrons. The van der Waals surface area contributed by atoms with Gasteiger partial charge in [0.05, 0.1) is 30.4 Å². The first-order valence-corrected chi connectivity index (χ1v) is 13.0. The minimum Gasteiger partial charge on any atom is -0.482 e. The third-order valence-electron chi connectivity index (χ3n) is 5.66. The molecule has 2 aromatic carbocycles. The van der Waals surface area contributed by atoms with E-state index in [0.29, 0.717) is 66.5 Å². The van der Waals surface area contributed by atoms with Crippen LogP contribution in [-0.4, -0.2) is 78.8 Å². The van der Waals surface area contributed by atoms with E-state index in [1.54, 1.807) is 53.1 Å². The molecule has 2 heterocycles. The number of hydrogen-bond donors (Lipinski definition) is 0. The van der Waals surface area contributed by atoms with Gasteiger partial charge in [0.1, 0.15) is 5.75 Å². The Bertz CT molecular complexity index is 1200. The fraction of sp³-hybridized carbons (Fsp3) is 0.333. The van der Waals surface area contributed by atoms with Crippen molar-refractivity contribution >= 4 is 46.5 Å². The Morgan fingerprint density at radius 3 is 2.57 bits per heavy atom. The van der Waals surface area contributed by atoms with E-state index in [-0.39, 0.29) is 18.4 Å². The van der Waals surface area contributed by atoms with Gasteiger partial charge in [-0.15, -0.1) is 0 Å². The fourth-order valence-corrected chi connectivity index (χ4v) is 4.86. The SMILES string of the molecule is CCOC(=O)COc1ccc(/C=C2/SC(=Nc3cccc(C(=O)N4CCOCC4)c3)N(CC)C2=O)cc1. The highest BCUT2D eigenvalue weighted by molar-refractivity contribution is 8.18. The van der Waals surface area contributed by atoms with Gasteiger partial charge in [-0.05, 0) is 67.6 Å². The van der Waals surface area contributed by atoms with E-state index < -0.39 is 5.97 Å². The van der Waals surface area contributed by atoms with Crippen LogP contribution in [0.3, 0.4) is 0 Å². The number of thioether (sulfide) groups is 1. The largest absolute Gasteiger partial charge is 0.482 e. The molecule has 2 aliphatic rings. The first-order valence-electron chi connectivity index (χ1n) is 12.1. The van der Waals surface area contributed by atoms with E-state index in [4.69, 9.17) is 19.2 Å². The second-order valence-electron chi connectivity index (χ2n) is 8.17. The van der Waals surface area contributed by atoms with Crippen LogP contribution in [0.4, 0.5) is 5.69 Å². The average Bonchev–Trinajstić information content (AvgIpc) is 3.21. The second-order valence-corrected chi connectivity index (χ2v) is 9.18. The normalized spacial score (nSPS) is 17.9. The number of morpholine rings is 1. The average molecular weight is 524 g/mol. The zero-order chi connectivity index (χ0) is 26.2. The zero-order valence-corrected chi connectivity index (χ0v) is 21.7. The molecule has 0 spiro atoms. The van der Waals surface area contributed by atoms with Crippen molar-refractivity contribution in [2.45, 2.75) is 13.8 Å². The Hall–Kier alpha value is -3.63. The van der Waals surface area contributed by atoms with Gasteiger partial charge in [-0.2, -0.15) is 0 Å². The molecular formula is C27H29N3O6S. The molecule has 2 amide bonds. The molecule has 2 aromatic rings. The van der Waals surface area contributed by atoms with Crippen molar-refractivity contribution in [2.75, 3.05) is 46.1 Å². The van der Waals surface area contributed by atoms with Crippen LogP contribution in [-0.2, 0) is 19.1 Å². The number of carbonyl (C=O) groups excluding carboxylic acids is 3. The van der Waals surface area contributed by atoms with Crippen molar-refractivity contribution in [1.82, 2.24) is 9.80 Å². The molecule has 0 N–H and O–H groups in total. The number of rotatable bonds is 8. The minimum absolute atomic E-state index is 0.0527. The maximum atomic E-state index is 13.0. The number of aliphatic imine (C=N–C) groups is 1. The molecule has 2 aliphatic heterocycles. The van der Waals surface area contributed by atoms with Crippen molar-refractivity contribution in [3.63, 3.8) is 0 Å². The summed E-state index contributed by atoms with van der Waals surface area (Å²) in [6, 6.07) is 14.2. The molecule has 0 atom stereocenters. The van der Waals surface area contributed by atoms with Gasteiger partial charge in [0.2, 0.25) is 0 Å². The first-order chi connectivity index (χ1) is 18.0. The fourth-order valence-electron chi connectivity index (χ4n) is 3.79. The van der Waals surface area contributed by atoms with Crippen molar-refractivity contribution in [2.24, 2.45) is 4.99 Å². The summed E-state index contributed by atoms with van der Waals surface area (Å²) >= 11 is 1.29. The summed E-state index contributed by atoms with van der Waals surface area (Å²) in [6.07, 6.45) is 1.80. The van der Waals surface area contributed by atoms with E-state index >= 15 is 0 Å². The second kappa shape index (κ2) is 12.6. The van der Waals surface area contributed by atoms with Crippen molar-refractivity contribution in [1.29, 1.82) is 0 Å². The molecule has 0 aliphatic carbocycles. The molecule has 37 heavy (non-hydrogen) atoms. The predicted octanol–water partition coefficient (Wildman–Crippen LogP) is 3.72. The van der Waals surface area contributed by atoms with Gasteiger partial charge >= 0.3 is 5.97 Å². The molecule has 10 heteroatoms. The number of esters is 1. The summed E-state index contributed by atoms with van der Waals surface area (Å²) in [5.41, 5.74) is 1.98. The quantitative estimate of drug-likeness (QED) is 0.384. The predicted molar refractivity (Wildman–Crippen MR) is 142 cm³/mol. The summed E-state index contributed by atoms with van der Waals surface area (Å²) < 4.78 is 15.6. The van der Waals surface area contributed by atoms with Gasteiger partial charge in [0.15, 0.2) is 11.8 Å². The topological polar surface area (TPSA) is 97.7 Å². The standard InChI is InChI=1S/C27H29N3O6S/c1-3-30-26(33)23(16-19-8-10-22(11-9-19)36-18-24(31)35-4-2)37-27(30)28-21-7-5-6-20(17-21)25(32)29-12-14-34-15-13-29/h5-11,16-17H,3-4,12-15,18H2,1-2H3/b23-16+,28-27?. The number of hydrogen-bond acceptors (Lipinski definition) is 8. The summed E-state index contributed by atoms with van der Waals surface area (Å²) in [4.78, 5) is 46.0. The van der Waals surface area contributed by atoms with Crippen LogP contribution in [0.15, 0.2) is 58.4 Å². The van der Waals surface area contributed by atoms with Crippen LogP contribution in [0.2, 0.25) is 0 Å². The van der Waals surface area contributed by atoms with Crippen LogP contribution in [0.5, 0.6) is 5.75 Å². The van der Waals surface area contributed by atoms with Crippen LogP contribution in [0, 0.1) is 0 Å². The number of benzene rings is 2. The molecule has 0 unspecified atom stereocenters. The van der Waals surface area contributed by atoms with Gasteiger partial charge < -0.3 is 19.1 Å². The third kappa shape index (κ3) is 6.78. The van der Waals surface area contributed by atoms with Crippen molar-refractivity contribution in [3.8, 4) is 5.75 Å². The Labute approximate surface area is 220 Å². The molecule has 0 saturated carbocycles. The van der Waals surface area contributed by atoms with Crippen LogP contribution in [0.1, 0.15) is 29.8 Å². The van der Waals surface area contributed by atoms with E-state index in [0.717, 1.165) is 5.56 Å². The Morgan fingerprint density at radius 1 is 1.11 bits per heavy atom. The number of amidine groups is 1. The Balaban J connectivity index is 1.47. The van der Waals surface area contributed by atoms with Crippen LogP contribution < -0.4 is 4.74 Å². The van der Waals surface area contributed by atoms with Gasteiger partial charge in [0, 0.05) is 25.2 Å². The number of ether oxygens (including phenoxy) is 3. The zero-order valence-electron chi connectivity index (χ0n) is 20.8. The smallest absolute Gasteiger partial charge is 0.344 e. The van der Waals surface area contributed by atoms with Gasteiger partial charge in [-0.25, -0.2) is 9.79 Å². The van der Waals surface area contributed by atoms with Gasteiger partial charge in [-0.1, -0.05) is 18.2 Å². The molecular weight excluding hydrogens is 494 g/mol. The van der Waals surface area contributed by atoms with Gasteiger partial charge in [0.25, 0.3) is 11.8 Å². The minimum atomic E-state index is -0.427. The molecule has 9 nitrogen and oxygen atoms in total. The summed E-state index contributed by atoms with van der Waals surface area (Å²) in [6.45, 7) is 6.46. The lowest BCUT2D eigenvalue weighted by atomic mass is 10.1. The summed E-state index contributed by atoms with van der Waals surface area (Å²) in [5, 5.41) is 0.559. The molecule has 0 aromatic heterocycles. The number of carbonyl (C=O) groups is 3. The molecule has 4 rings (SSSR count). The monoisotopic (exact) mass is 523 g/mol. The highest BCUT2D eigenvalue weighted by Crippen LogP contribution is 2.34. The molecule has 2 saturated heterocycles. The maximum Gasteiger partial charge on any atom is 0.344 e. The number of likely N-dealkylation sites (N-methyl/N-ethyl adjacent to an activating group) is 1. The number of amides is 2. The highest BCUT2D eigenvalue weighted by atomic mass is 32.2. The molecule has 2 fully saturated rings. The Kier molecular flexibility index (Phi) is 8.97. The summed E-state index contributed by atoms with van der Waals surface area (Å²) in [5.74, 6) is -0.0776. The van der Waals surface area contributed by atoms with Crippen LogP contribution in [0.25, 0.3) is 6.08 Å². The van der Waals surface area contributed by atoms with Crippen molar-refractivity contribution < 1.29 is 28.6 Å². The van der Waals surface area contributed by atoms with Crippen LogP contribution >= 0.6 is 11.8 Å². The maximum absolute atomic E-state index is 13.0. The van der Waals surface area contributed by atoms with E-state index in [1.807, 2.05) is 25.1 Å². The lowest BCUT2D eigenvalue weighted by molar-refractivity contribution is -0.145. The third-order valence-corrected chi connectivity index (χ3v) is 6.67. The highest BCUT2D eigenvalue weighted by Gasteiger charge is 2.32. The lowest BCUT2D eigenvalue weighted by Crippen LogP contribution is -2.40. The molecule has 0 bridgehead atoms. The van der Waals surface area contributed by atoms with Gasteiger partial charge in [-0.3, -0.25) is 14.5 Å². The van der Waals surface area contributed by atoms with Crippen molar-refractivity contribution in [3.05, 3.63) is 64.6 Å². The first kappa shape index (κ1) is 26.4. The number of nitrogens with zero attached hydrogens (tertiary/aromatic N) is 3. The summed E-state index contributed by atoms with van der Waals surface area (Å²) in [7, 11) is 0. The van der Waals surface area contributed by atoms with E-state index in [9.17, 15) is 14.4 Å². The Morgan fingerprint density at radius 2 is 1.86 bits per heavy atom. The lowest BCUT2D eigenvalue weighted by Gasteiger charge is -2.26. The molecule has 194 valence electrons. The van der Waals surface area contributed by atoms with E-state index in [1.165, 1.54) is 11.8 Å². The van der Waals surface area contributed by atoms with E-state index in [2.05, 4.69) is 0 Å².